The van der Waals surface area contributed by atoms with Crippen molar-refractivity contribution in [1.29, 1.82) is 0 Å². The normalized spacial score (nSPS) is 20.5. The second-order valence-electron chi connectivity index (χ2n) is 5.80. The second-order valence-corrected chi connectivity index (χ2v) is 5.80. The standard InChI is InChI=1S/C17H29N3O/c1-4-10-18-16(5-2)17-9-8-14(12-19-17)20-11-6-7-15(13-20)21-3/h8-9,12,15-16,18H,4-7,10-11,13H2,1-3H3. The molecule has 0 aliphatic carbocycles. The average molecular weight is 291 g/mol. The molecule has 4 nitrogen and oxygen atoms in total. The minimum Gasteiger partial charge on any atom is -0.380 e. The summed E-state index contributed by atoms with van der Waals surface area (Å²) in [4.78, 5) is 7.07. The molecule has 0 radical (unpaired) electrons. The number of nitrogens with zero attached hydrogens (tertiary/aromatic N) is 2. The number of aromatic nitrogens is 1. The Balaban J connectivity index is 2.00. The van der Waals surface area contributed by atoms with Gasteiger partial charge in [0, 0.05) is 26.2 Å². The Kier molecular flexibility index (Phi) is 6.46. The summed E-state index contributed by atoms with van der Waals surface area (Å²) in [6.07, 6.45) is 6.95. The van der Waals surface area contributed by atoms with Crippen LogP contribution in [-0.2, 0) is 4.74 Å². The van der Waals surface area contributed by atoms with Gasteiger partial charge < -0.3 is 15.0 Å². The van der Waals surface area contributed by atoms with Gasteiger partial charge >= 0.3 is 0 Å². The highest BCUT2D eigenvalue weighted by Gasteiger charge is 2.20. The second kappa shape index (κ2) is 8.35. The molecular formula is C17H29N3O. The van der Waals surface area contributed by atoms with Crippen LogP contribution < -0.4 is 10.2 Å². The number of rotatable bonds is 7. The van der Waals surface area contributed by atoms with E-state index in [0.717, 1.165) is 44.6 Å². The third-order valence-electron chi connectivity index (χ3n) is 4.25. The molecule has 1 saturated heterocycles. The summed E-state index contributed by atoms with van der Waals surface area (Å²) < 4.78 is 5.49. The molecule has 4 heteroatoms. The SMILES string of the molecule is CCCNC(CC)c1ccc(N2CCCC(OC)C2)cn1. The van der Waals surface area contributed by atoms with E-state index < -0.39 is 0 Å². The lowest BCUT2D eigenvalue weighted by Gasteiger charge is -2.33. The van der Waals surface area contributed by atoms with Crippen LogP contribution in [0.1, 0.15) is 51.3 Å². The van der Waals surface area contributed by atoms with Crippen LogP contribution in [0, 0.1) is 0 Å². The van der Waals surface area contributed by atoms with Crippen LogP contribution in [0.2, 0.25) is 0 Å². The topological polar surface area (TPSA) is 37.4 Å². The molecule has 1 aliphatic heterocycles. The van der Waals surface area contributed by atoms with Crippen molar-refractivity contribution < 1.29 is 4.74 Å². The van der Waals surface area contributed by atoms with Crippen LogP contribution >= 0.6 is 0 Å². The van der Waals surface area contributed by atoms with Gasteiger partial charge in [-0.25, -0.2) is 0 Å². The molecule has 1 aliphatic rings. The molecule has 21 heavy (non-hydrogen) atoms. The van der Waals surface area contributed by atoms with Crippen LogP contribution in [0.15, 0.2) is 18.3 Å². The van der Waals surface area contributed by atoms with Crippen molar-refractivity contribution in [2.75, 3.05) is 31.6 Å². The average Bonchev–Trinajstić information content (AvgIpc) is 2.56. The van der Waals surface area contributed by atoms with Crippen LogP contribution in [0.3, 0.4) is 0 Å². The van der Waals surface area contributed by atoms with Gasteiger partial charge in [0.1, 0.15) is 0 Å². The van der Waals surface area contributed by atoms with Crippen LogP contribution in [0.5, 0.6) is 0 Å². The number of hydrogen-bond acceptors (Lipinski definition) is 4. The zero-order valence-corrected chi connectivity index (χ0v) is 13.6. The largest absolute Gasteiger partial charge is 0.380 e. The highest BCUT2D eigenvalue weighted by Crippen LogP contribution is 2.22. The summed E-state index contributed by atoms with van der Waals surface area (Å²) in [5.74, 6) is 0. The van der Waals surface area contributed by atoms with E-state index in [1.807, 2.05) is 6.20 Å². The molecule has 2 atom stereocenters. The first-order valence-electron chi connectivity index (χ1n) is 8.25. The molecule has 1 aromatic heterocycles. The molecule has 1 fully saturated rings. The fourth-order valence-electron chi connectivity index (χ4n) is 2.93. The molecule has 0 bridgehead atoms. The maximum atomic E-state index is 5.49. The first kappa shape index (κ1) is 16.2. The lowest BCUT2D eigenvalue weighted by atomic mass is 10.1. The lowest BCUT2D eigenvalue weighted by Crippen LogP contribution is -2.39. The summed E-state index contributed by atoms with van der Waals surface area (Å²) in [7, 11) is 1.81. The number of hydrogen-bond donors (Lipinski definition) is 1. The van der Waals surface area contributed by atoms with Gasteiger partial charge in [0.15, 0.2) is 0 Å². The van der Waals surface area contributed by atoms with E-state index >= 15 is 0 Å². The predicted octanol–water partition coefficient (Wildman–Crippen LogP) is 3.15. The maximum absolute atomic E-state index is 5.49. The Morgan fingerprint density at radius 1 is 1.43 bits per heavy atom. The first-order valence-corrected chi connectivity index (χ1v) is 8.25. The van der Waals surface area contributed by atoms with Gasteiger partial charge in [0.25, 0.3) is 0 Å². The van der Waals surface area contributed by atoms with Gasteiger partial charge in [-0.15, -0.1) is 0 Å². The number of piperidine rings is 1. The smallest absolute Gasteiger partial charge is 0.0746 e. The monoisotopic (exact) mass is 291 g/mol. The van der Waals surface area contributed by atoms with E-state index in [-0.39, 0.29) is 0 Å². The van der Waals surface area contributed by atoms with Crippen LogP contribution in [0.25, 0.3) is 0 Å². The first-order chi connectivity index (χ1) is 10.3. The van der Waals surface area contributed by atoms with Gasteiger partial charge in [-0.05, 0) is 44.4 Å². The molecule has 0 saturated carbocycles. The molecule has 0 amide bonds. The lowest BCUT2D eigenvalue weighted by molar-refractivity contribution is 0.0893. The van der Waals surface area contributed by atoms with Crippen LogP contribution in [0.4, 0.5) is 5.69 Å². The fraction of sp³-hybridized carbons (Fsp3) is 0.706. The van der Waals surface area contributed by atoms with Gasteiger partial charge in [-0.2, -0.15) is 0 Å². The van der Waals surface area contributed by atoms with E-state index in [9.17, 15) is 0 Å². The Bertz CT molecular complexity index is 407. The van der Waals surface area contributed by atoms with Crippen LogP contribution in [-0.4, -0.2) is 37.8 Å². The Morgan fingerprint density at radius 3 is 2.90 bits per heavy atom. The zero-order chi connectivity index (χ0) is 15.1. The van der Waals surface area contributed by atoms with Crippen molar-refractivity contribution in [1.82, 2.24) is 10.3 Å². The van der Waals surface area contributed by atoms with E-state index in [1.54, 1.807) is 7.11 Å². The van der Waals surface area contributed by atoms with E-state index in [2.05, 4.69) is 41.2 Å². The van der Waals surface area contributed by atoms with Crippen molar-refractivity contribution >= 4 is 5.69 Å². The third kappa shape index (κ3) is 4.42. The predicted molar refractivity (Wildman–Crippen MR) is 87.8 cm³/mol. The van der Waals surface area contributed by atoms with Gasteiger partial charge in [0.2, 0.25) is 0 Å². The van der Waals surface area contributed by atoms with Crippen molar-refractivity contribution in [2.45, 2.75) is 51.7 Å². The molecule has 0 aromatic carbocycles. The molecule has 0 spiro atoms. The van der Waals surface area contributed by atoms with E-state index in [4.69, 9.17) is 4.74 Å². The third-order valence-corrected chi connectivity index (χ3v) is 4.25. The number of anilines is 1. The number of pyridine rings is 1. The minimum absolute atomic E-state index is 0.355. The van der Waals surface area contributed by atoms with E-state index in [0.29, 0.717) is 12.1 Å². The van der Waals surface area contributed by atoms with Gasteiger partial charge in [-0.3, -0.25) is 4.98 Å². The summed E-state index contributed by atoms with van der Waals surface area (Å²) in [6.45, 7) is 7.52. The maximum Gasteiger partial charge on any atom is 0.0746 e. The number of nitrogens with one attached hydrogen (secondary N) is 1. The summed E-state index contributed by atoms with van der Waals surface area (Å²) in [5, 5.41) is 3.55. The Labute approximate surface area is 128 Å². The Hall–Kier alpha value is -1.13. The molecule has 118 valence electrons. The molecule has 1 aromatic rings. The van der Waals surface area contributed by atoms with E-state index in [1.165, 1.54) is 12.1 Å². The van der Waals surface area contributed by atoms with Crippen molar-refractivity contribution in [2.24, 2.45) is 0 Å². The van der Waals surface area contributed by atoms with Crippen molar-refractivity contribution in [3.8, 4) is 0 Å². The molecule has 2 unspecified atom stereocenters. The molecule has 2 rings (SSSR count). The molecular weight excluding hydrogens is 262 g/mol. The molecule has 2 heterocycles. The highest BCUT2D eigenvalue weighted by atomic mass is 16.5. The summed E-state index contributed by atoms with van der Waals surface area (Å²) in [5.41, 5.74) is 2.36. The highest BCUT2D eigenvalue weighted by molar-refractivity contribution is 5.45. The molecule has 1 N–H and O–H groups in total. The number of ether oxygens (including phenoxy) is 1. The zero-order valence-electron chi connectivity index (χ0n) is 13.6. The quantitative estimate of drug-likeness (QED) is 0.837. The Morgan fingerprint density at radius 2 is 2.29 bits per heavy atom. The summed E-state index contributed by atoms with van der Waals surface area (Å²) >= 11 is 0. The number of methoxy groups -OCH3 is 1. The fourth-order valence-corrected chi connectivity index (χ4v) is 2.93. The van der Waals surface area contributed by atoms with Crippen molar-refractivity contribution in [3.63, 3.8) is 0 Å². The summed E-state index contributed by atoms with van der Waals surface area (Å²) in [6, 6.07) is 4.74. The van der Waals surface area contributed by atoms with Gasteiger partial charge in [0.05, 0.1) is 23.7 Å². The van der Waals surface area contributed by atoms with Crippen molar-refractivity contribution in [3.05, 3.63) is 24.0 Å². The minimum atomic E-state index is 0.355. The van der Waals surface area contributed by atoms with Gasteiger partial charge in [-0.1, -0.05) is 13.8 Å².